The van der Waals surface area contributed by atoms with Crippen LogP contribution in [0.3, 0.4) is 0 Å². The van der Waals surface area contributed by atoms with Crippen LogP contribution in [0.2, 0.25) is 0 Å². The molecule has 0 fully saturated rings. The van der Waals surface area contributed by atoms with Crippen LogP contribution in [0.4, 0.5) is 17.1 Å². The van der Waals surface area contributed by atoms with Crippen molar-refractivity contribution in [3.05, 3.63) is 200 Å². The molecule has 2 nitrogen and oxygen atoms in total. The first-order valence-corrected chi connectivity index (χ1v) is 17.7. The molecule has 0 radical (unpaired) electrons. The van der Waals surface area contributed by atoms with E-state index in [1.807, 2.05) is 0 Å². The van der Waals surface area contributed by atoms with Crippen LogP contribution in [0.5, 0.6) is 11.5 Å². The van der Waals surface area contributed by atoms with E-state index in [4.69, 9.17) is 4.74 Å². The topological polar surface area (TPSA) is 12.5 Å². The molecule has 0 aliphatic carbocycles. The number of anilines is 3. The molecule has 0 spiro atoms. The van der Waals surface area contributed by atoms with Gasteiger partial charge in [0.05, 0.1) is 0 Å². The molecule has 244 valence electrons. The van der Waals surface area contributed by atoms with Gasteiger partial charge in [-0.25, -0.2) is 0 Å². The fraction of sp³-hybridized carbons (Fsp3) is 0. The number of nitrogens with zero attached hydrogens (tertiary/aromatic N) is 1. The first kappa shape index (κ1) is 30.0. The predicted octanol–water partition coefficient (Wildman–Crippen LogP) is 14.2. The molecule has 0 aromatic heterocycles. The Bertz CT molecular complexity index is 2750. The first-order valence-electron chi connectivity index (χ1n) is 17.7. The third-order valence-corrected chi connectivity index (χ3v) is 10.2. The van der Waals surface area contributed by atoms with Gasteiger partial charge in [-0.3, -0.25) is 0 Å². The average Bonchev–Trinajstić information content (AvgIpc) is 3.34. The summed E-state index contributed by atoms with van der Waals surface area (Å²) in [6, 6.07) is 71.7. The molecule has 0 saturated carbocycles. The minimum Gasteiger partial charge on any atom is -0.456 e. The summed E-state index contributed by atoms with van der Waals surface area (Å²) < 4.78 is 6.89. The molecule has 0 unspecified atom stereocenters. The second kappa shape index (κ2) is 12.5. The van der Waals surface area contributed by atoms with Gasteiger partial charge in [-0.15, -0.1) is 0 Å². The van der Waals surface area contributed by atoms with Crippen LogP contribution in [0.1, 0.15) is 0 Å². The monoisotopic (exact) mass is 663 g/mol. The van der Waals surface area contributed by atoms with E-state index in [2.05, 4.69) is 205 Å². The van der Waals surface area contributed by atoms with E-state index in [0.717, 1.165) is 56.2 Å². The van der Waals surface area contributed by atoms with Gasteiger partial charge in [0, 0.05) is 28.2 Å². The molecule has 0 N–H and O–H groups in total. The van der Waals surface area contributed by atoms with Crippen LogP contribution in [0, 0.1) is 0 Å². The molecule has 52 heavy (non-hydrogen) atoms. The molecule has 10 rings (SSSR count). The van der Waals surface area contributed by atoms with Crippen LogP contribution in [0.15, 0.2) is 200 Å². The van der Waals surface area contributed by atoms with Gasteiger partial charge in [-0.1, -0.05) is 140 Å². The summed E-state index contributed by atoms with van der Waals surface area (Å²) in [7, 11) is 0. The quantitative estimate of drug-likeness (QED) is 0.182. The highest BCUT2D eigenvalue weighted by Crippen LogP contribution is 2.51. The first-order chi connectivity index (χ1) is 25.7. The summed E-state index contributed by atoms with van der Waals surface area (Å²) in [5, 5.41) is 4.76. The Hall–Kier alpha value is -6.90. The van der Waals surface area contributed by atoms with E-state index in [-0.39, 0.29) is 0 Å². The van der Waals surface area contributed by atoms with Crippen molar-refractivity contribution in [3.8, 4) is 56.0 Å². The molecular formula is C50H33NO. The molecule has 9 aromatic rings. The fourth-order valence-electron chi connectivity index (χ4n) is 7.60. The van der Waals surface area contributed by atoms with E-state index < -0.39 is 0 Å². The van der Waals surface area contributed by atoms with Crippen LogP contribution in [0.25, 0.3) is 66.1 Å². The lowest BCUT2D eigenvalue weighted by molar-refractivity contribution is 0.488. The predicted molar refractivity (Wildman–Crippen MR) is 218 cm³/mol. The summed E-state index contributed by atoms with van der Waals surface area (Å²) in [5.74, 6) is 1.70. The summed E-state index contributed by atoms with van der Waals surface area (Å²) in [6.45, 7) is 0. The Kier molecular flexibility index (Phi) is 7.18. The van der Waals surface area contributed by atoms with Crippen molar-refractivity contribution in [2.45, 2.75) is 0 Å². The highest BCUT2D eigenvalue weighted by molar-refractivity contribution is 5.99. The number of benzene rings is 9. The Morgan fingerprint density at radius 2 is 0.788 bits per heavy atom. The number of fused-ring (bicyclic) bond motifs is 7. The molecule has 0 bridgehead atoms. The lowest BCUT2D eigenvalue weighted by Crippen LogP contribution is -2.10. The molecule has 0 amide bonds. The zero-order valence-corrected chi connectivity index (χ0v) is 28.4. The van der Waals surface area contributed by atoms with Crippen LogP contribution >= 0.6 is 0 Å². The lowest BCUT2D eigenvalue weighted by atomic mass is 9.90. The number of hydrogen-bond donors (Lipinski definition) is 0. The smallest absolute Gasteiger partial charge is 0.135 e. The maximum Gasteiger partial charge on any atom is 0.135 e. The Morgan fingerprint density at radius 3 is 1.52 bits per heavy atom. The third kappa shape index (κ3) is 5.30. The second-order valence-electron chi connectivity index (χ2n) is 13.4. The number of rotatable bonds is 5. The van der Waals surface area contributed by atoms with Crippen molar-refractivity contribution in [1.82, 2.24) is 0 Å². The Balaban J connectivity index is 1.17. The van der Waals surface area contributed by atoms with Crippen LogP contribution in [-0.2, 0) is 0 Å². The average molecular weight is 664 g/mol. The Morgan fingerprint density at radius 1 is 0.269 bits per heavy atom. The van der Waals surface area contributed by atoms with E-state index in [0.29, 0.717) is 0 Å². The molecule has 2 heteroatoms. The molecule has 1 aliphatic heterocycles. The van der Waals surface area contributed by atoms with Crippen molar-refractivity contribution < 1.29 is 4.74 Å². The van der Waals surface area contributed by atoms with Gasteiger partial charge in [-0.05, 0) is 116 Å². The summed E-state index contributed by atoms with van der Waals surface area (Å²) in [6.07, 6.45) is 0. The number of ether oxygens (including phenoxy) is 1. The maximum absolute atomic E-state index is 6.89. The minimum atomic E-state index is 0.837. The van der Waals surface area contributed by atoms with E-state index in [9.17, 15) is 0 Å². The normalized spacial score (nSPS) is 11.6. The van der Waals surface area contributed by atoms with Crippen molar-refractivity contribution in [3.63, 3.8) is 0 Å². The van der Waals surface area contributed by atoms with Crippen molar-refractivity contribution in [2.75, 3.05) is 4.90 Å². The third-order valence-electron chi connectivity index (χ3n) is 10.2. The zero-order valence-electron chi connectivity index (χ0n) is 28.4. The second-order valence-corrected chi connectivity index (χ2v) is 13.4. The summed E-state index contributed by atoms with van der Waals surface area (Å²) in [4.78, 5) is 2.35. The van der Waals surface area contributed by atoms with E-state index >= 15 is 0 Å². The Labute approximate surface area is 303 Å². The van der Waals surface area contributed by atoms with Crippen molar-refractivity contribution in [2.24, 2.45) is 0 Å². The van der Waals surface area contributed by atoms with Gasteiger partial charge < -0.3 is 9.64 Å². The summed E-state index contributed by atoms with van der Waals surface area (Å²) >= 11 is 0. The minimum absolute atomic E-state index is 0.837. The van der Waals surface area contributed by atoms with Gasteiger partial charge in [-0.2, -0.15) is 0 Å². The van der Waals surface area contributed by atoms with Gasteiger partial charge in [0.2, 0.25) is 0 Å². The summed E-state index contributed by atoms with van der Waals surface area (Å²) in [5.41, 5.74) is 12.4. The highest BCUT2D eigenvalue weighted by atomic mass is 16.5. The van der Waals surface area contributed by atoms with Gasteiger partial charge in [0.15, 0.2) is 0 Å². The number of hydrogen-bond acceptors (Lipinski definition) is 2. The van der Waals surface area contributed by atoms with Gasteiger partial charge in [0.25, 0.3) is 0 Å². The van der Waals surface area contributed by atoms with Gasteiger partial charge >= 0.3 is 0 Å². The molecule has 1 heterocycles. The van der Waals surface area contributed by atoms with Crippen molar-refractivity contribution >= 4 is 38.6 Å². The van der Waals surface area contributed by atoms with Gasteiger partial charge in [0.1, 0.15) is 11.5 Å². The molecule has 1 aliphatic rings. The fourth-order valence-corrected chi connectivity index (χ4v) is 7.60. The largest absolute Gasteiger partial charge is 0.456 e. The highest BCUT2D eigenvalue weighted by Gasteiger charge is 2.24. The lowest BCUT2D eigenvalue weighted by Gasteiger charge is -2.27. The standard InChI is InChI=1S/C50H33NO/c1-3-11-34(12-4-1)37-19-23-42(24-20-37)51(43-25-21-36-15-7-8-16-38(36)29-43)44-26-28-49-48(33-44)45-27-22-41(35-13-5-2-6-14-35)30-46(45)47-31-39-17-9-10-18-40(39)32-50(47)52-49/h1-33H. The van der Waals surface area contributed by atoms with Crippen LogP contribution < -0.4 is 9.64 Å². The van der Waals surface area contributed by atoms with E-state index in [1.165, 1.54) is 38.4 Å². The maximum atomic E-state index is 6.89. The van der Waals surface area contributed by atoms with E-state index in [1.54, 1.807) is 0 Å². The van der Waals surface area contributed by atoms with Crippen molar-refractivity contribution in [1.29, 1.82) is 0 Å². The molecular weight excluding hydrogens is 631 g/mol. The molecule has 9 aromatic carbocycles. The molecule has 0 atom stereocenters. The molecule has 0 saturated heterocycles. The SMILES string of the molecule is c1ccc(-c2ccc(N(c3ccc4c(c3)-c3ccc(-c5ccccc5)cc3-c3cc5ccccc5cc3O4)c3ccc4ccccc4c3)cc2)cc1. The zero-order chi connectivity index (χ0) is 34.4. The van der Waals surface area contributed by atoms with Crippen LogP contribution in [-0.4, -0.2) is 0 Å².